The molecule has 29 heavy (non-hydrogen) atoms. The van der Waals surface area contributed by atoms with E-state index in [-0.39, 0.29) is 35.7 Å². The van der Waals surface area contributed by atoms with E-state index < -0.39 is 17.0 Å². The van der Waals surface area contributed by atoms with Gasteiger partial charge in [0.25, 0.3) is 5.56 Å². The Morgan fingerprint density at radius 3 is 2.48 bits per heavy atom. The van der Waals surface area contributed by atoms with Crippen LogP contribution >= 0.6 is 0 Å². The number of aromatic nitrogens is 2. The summed E-state index contributed by atoms with van der Waals surface area (Å²) in [6.45, 7) is 7.09. The second kappa shape index (κ2) is 8.18. The van der Waals surface area contributed by atoms with Crippen molar-refractivity contribution >= 4 is 22.9 Å². The molecule has 1 aliphatic heterocycles. The van der Waals surface area contributed by atoms with E-state index in [0.717, 1.165) is 0 Å². The number of carbonyl (C=O) groups excluding carboxylic acids is 2. The zero-order valence-corrected chi connectivity index (χ0v) is 16.8. The number of hydrogen-bond donors (Lipinski definition) is 1. The van der Waals surface area contributed by atoms with Crippen molar-refractivity contribution < 1.29 is 18.7 Å². The topological polar surface area (TPSA) is 95.6 Å². The Kier molecular flexibility index (Phi) is 5.86. The predicted molar refractivity (Wildman–Crippen MR) is 105 cm³/mol. The molecule has 9 heteroatoms. The highest BCUT2D eigenvalue weighted by Gasteiger charge is 2.27. The van der Waals surface area contributed by atoms with E-state index in [1.807, 2.05) is 20.8 Å². The summed E-state index contributed by atoms with van der Waals surface area (Å²) in [5, 5.41) is -0.0826. The molecule has 1 N–H and O–H groups in total. The van der Waals surface area contributed by atoms with E-state index in [2.05, 4.69) is 9.97 Å². The molecule has 3 rings (SSSR count). The third kappa shape index (κ3) is 5.10. The van der Waals surface area contributed by atoms with Crippen molar-refractivity contribution in [1.82, 2.24) is 19.8 Å². The van der Waals surface area contributed by atoms with E-state index in [0.29, 0.717) is 32.0 Å². The lowest BCUT2D eigenvalue weighted by Crippen LogP contribution is -2.51. The third-order valence-corrected chi connectivity index (χ3v) is 4.59. The summed E-state index contributed by atoms with van der Waals surface area (Å²) in [7, 11) is 0. The number of nitrogens with zero attached hydrogens (tertiary/aromatic N) is 3. The number of hydrogen-bond acceptors (Lipinski definition) is 5. The van der Waals surface area contributed by atoms with Gasteiger partial charge >= 0.3 is 6.09 Å². The van der Waals surface area contributed by atoms with Crippen LogP contribution < -0.4 is 5.56 Å². The molecule has 1 saturated heterocycles. The van der Waals surface area contributed by atoms with Crippen molar-refractivity contribution in [3.63, 3.8) is 0 Å². The third-order valence-electron chi connectivity index (χ3n) is 4.59. The number of carbonyl (C=O) groups is 2. The van der Waals surface area contributed by atoms with Gasteiger partial charge in [0.05, 0.1) is 5.52 Å². The van der Waals surface area contributed by atoms with Crippen LogP contribution in [-0.4, -0.2) is 63.5 Å². The minimum absolute atomic E-state index is 0.0826. The fourth-order valence-electron chi connectivity index (χ4n) is 3.16. The lowest BCUT2D eigenvalue weighted by Gasteiger charge is -2.35. The maximum Gasteiger partial charge on any atom is 0.410 e. The Balaban J connectivity index is 1.55. The summed E-state index contributed by atoms with van der Waals surface area (Å²) >= 11 is 0. The fraction of sp³-hybridized carbons (Fsp3) is 0.500. The molecule has 0 aliphatic carbocycles. The fourth-order valence-corrected chi connectivity index (χ4v) is 3.16. The molecule has 8 nitrogen and oxygen atoms in total. The summed E-state index contributed by atoms with van der Waals surface area (Å²) < 4.78 is 19.1. The molecule has 2 aromatic rings. The number of amides is 2. The first kappa shape index (κ1) is 20.8. The predicted octanol–water partition coefficient (Wildman–Crippen LogP) is 2.07. The van der Waals surface area contributed by atoms with E-state index >= 15 is 0 Å². The number of nitrogens with one attached hydrogen (secondary N) is 1. The SMILES string of the molecule is CC(C)(C)OC(=O)N1CCN(C(=O)CCc2nc3cccc(F)c3c(=O)[nH]2)CC1. The minimum Gasteiger partial charge on any atom is -0.444 e. The van der Waals surface area contributed by atoms with Crippen LogP contribution in [0.2, 0.25) is 0 Å². The van der Waals surface area contributed by atoms with Gasteiger partial charge in [-0.3, -0.25) is 9.59 Å². The van der Waals surface area contributed by atoms with Crippen molar-refractivity contribution in [3.05, 3.63) is 40.2 Å². The molecule has 2 amide bonds. The number of rotatable bonds is 3. The van der Waals surface area contributed by atoms with Crippen molar-refractivity contribution in [3.8, 4) is 0 Å². The smallest absolute Gasteiger partial charge is 0.410 e. The minimum atomic E-state index is -0.623. The Bertz CT molecular complexity index is 975. The Morgan fingerprint density at radius 1 is 1.17 bits per heavy atom. The van der Waals surface area contributed by atoms with E-state index in [1.165, 1.54) is 12.1 Å². The van der Waals surface area contributed by atoms with E-state index in [1.54, 1.807) is 15.9 Å². The average molecular weight is 404 g/mol. The van der Waals surface area contributed by atoms with Gasteiger partial charge < -0.3 is 19.5 Å². The highest BCUT2D eigenvalue weighted by atomic mass is 19.1. The largest absolute Gasteiger partial charge is 0.444 e. The number of halogens is 1. The number of ether oxygens (including phenoxy) is 1. The number of aromatic amines is 1. The summed E-state index contributed by atoms with van der Waals surface area (Å²) in [6.07, 6.45) is 0.0259. The first-order valence-corrected chi connectivity index (χ1v) is 9.57. The van der Waals surface area contributed by atoms with E-state index in [4.69, 9.17) is 4.74 Å². The second-order valence-electron chi connectivity index (χ2n) is 7.99. The average Bonchev–Trinajstić information content (AvgIpc) is 2.64. The van der Waals surface area contributed by atoms with Gasteiger partial charge in [-0.15, -0.1) is 0 Å². The van der Waals surface area contributed by atoms with Gasteiger partial charge in [0.1, 0.15) is 22.6 Å². The number of benzene rings is 1. The van der Waals surface area contributed by atoms with Crippen molar-refractivity contribution in [1.29, 1.82) is 0 Å². The van der Waals surface area contributed by atoms with Crippen LogP contribution in [0, 0.1) is 5.82 Å². The molecule has 0 unspecified atom stereocenters. The Hall–Kier alpha value is -2.97. The first-order valence-electron chi connectivity index (χ1n) is 9.57. The van der Waals surface area contributed by atoms with Crippen molar-refractivity contribution in [2.24, 2.45) is 0 Å². The van der Waals surface area contributed by atoms with Gasteiger partial charge in [-0.25, -0.2) is 14.2 Å². The molecule has 1 fully saturated rings. The van der Waals surface area contributed by atoms with Crippen LogP contribution in [0.15, 0.2) is 23.0 Å². The quantitative estimate of drug-likeness (QED) is 0.845. The van der Waals surface area contributed by atoms with Gasteiger partial charge in [-0.05, 0) is 32.9 Å². The molecule has 156 valence electrons. The van der Waals surface area contributed by atoms with Crippen LogP contribution in [0.1, 0.15) is 33.0 Å². The molecule has 1 aliphatic rings. The normalized spacial score (nSPS) is 14.9. The molecule has 0 radical (unpaired) electrons. The number of piperazine rings is 1. The van der Waals surface area contributed by atoms with Crippen LogP contribution in [0.5, 0.6) is 0 Å². The van der Waals surface area contributed by atoms with Gasteiger partial charge in [-0.1, -0.05) is 6.07 Å². The molecule has 1 aromatic carbocycles. The van der Waals surface area contributed by atoms with Crippen LogP contribution in [0.3, 0.4) is 0 Å². The van der Waals surface area contributed by atoms with Gasteiger partial charge in [0.2, 0.25) is 5.91 Å². The molecule has 0 bridgehead atoms. The van der Waals surface area contributed by atoms with Gasteiger partial charge in [0.15, 0.2) is 0 Å². The molecule has 0 saturated carbocycles. The molecule has 0 atom stereocenters. The summed E-state index contributed by atoms with van der Waals surface area (Å²) in [6, 6.07) is 4.26. The lowest BCUT2D eigenvalue weighted by molar-refractivity contribution is -0.132. The second-order valence-corrected chi connectivity index (χ2v) is 7.99. The summed E-state index contributed by atoms with van der Waals surface area (Å²) in [5.74, 6) is -0.369. The first-order chi connectivity index (χ1) is 13.6. The van der Waals surface area contributed by atoms with Gasteiger partial charge in [0, 0.05) is 39.0 Å². The zero-order chi connectivity index (χ0) is 21.2. The molecule has 0 spiro atoms. The summed E-state index contributed by atoms with van der Waals surface area (Å²) in [4.78, 5) is 46.7. The van der Waals surface area contributed by atoms with Crippen LogP contribution in [-0.2, 0) is 16.0 Å². The number of aryl methyl sites for hydroxylation is 1. The molecule has 2 heterocycles. The van der Waals surface area contributed by atoms with Crippen LogP contribution in [0.4, 0.5) is 9.18 Å². The zero-order valence-electron chi connectivity index (χ0n) is 16.8. The van der Waals surface area contributed by atoms with E-state index in [9.17, 15) is 18.8 Å². The van der Waals surface area contributed by atoms with Crippen molar-refractivity contribution in [2.45, 2.75) is 39.2 Å². The standard InChI is InChI=1S/C20H25FN4O4/c1-20(2,3)29-19(28)25-11-9-24(10-12-25)16(26)8-7-15-22-14-6-4-5-13(21)17(14)18(27)23-15/h4-6H,7-12H2,1-3H3,(H,22,23,27). The Labute approximate surface area is 167 Å². The highest BCUT2D eigenvalue weighted by molar-refractivity contribution is 5.79. The molecule has 1 aromatic heterocycles. The van der Waals surface area contributed by atoms with Crippen LogP contribution in [0.25, 0.3) is 10.9 Å². The lowest BCUT2D eigenvalue weighted by atomic mass is 10.2. The maximum atomic E-state index is 13.8. The van der Waals surface area contributed by atoms with Gasteiger partial charge in [-0.2, -0.15) is 0 Å². The number of H-pyrrole nitrogens is 1. The highest BCUT2D eigenvalue weighted by Crippen LogP contribution is 2.14. The summed E-state index contributed by atoms with van der Waals surface area (Å²) in [5.41, 5.74) is -0.847. The Morgan fingerprint density at radius 2 is 1.83 bits per heavy atom. The monoisotopic (exact) mass is 404 g/mol. The molecular formula is C20H25FN4O4. The molecular weight excluding hydrogens is 379 g/mol. The maximum absolute atomic E-state index is 13.8. The van der Waals surface area contributed by atoms with Crippen molar-refractivity contribution in [2.75, 3.05) is 26.2 Å². The number of fused-ring (bicyclic) bond motifs is 1.